The van der Waals surface area contributed by atoms with Crippen LogP contribution in [0.3, 0.4) is 0 Å². The molecule has 104 valence electrons. The van der Waals surface area contributed by atoms with Gasteiger partial charge in [-0.25, -0.2) is 0 Å². The van der Waals surface area contributed by atoms with Gasteiger partial charge in [-0.15, -0.1) is 0 Å². The topological polar surface area (TPSA) is 82.7 Å². The van der Waals surface area contributed by atoms with Crippen LogP contribution in [0, 0.1) is 17.2 Å². The number of aromatic nitrogens is 2. The van der Waals surface area contributed by atoms with E-state index < -0.39 is 6.04 Å². The van der Waals surface area contributed by atoms with Gasteiger partial charge in [0.05, 0.1) is 10.5 Å². The smallest absolute Gasteiger partial charge is 0.243 e. The molecule has 7 heteroatoms. The first-order chi connectivity index (χ1) is 8.93. The van der Waals surface area contributed by atoms with Crippen molar-refractivity contribution in [3.05, 3.63) is 10.7 Å². The molecular weight excluding hydrogens is 310 g/mol. The monoisotopic (exact) mass is 327 g/mol. The maximum absolute atomic E-state index is 12.0. The molecule has 1 heterocycles. The van der Waals surface area contributed by atoms with Crippen molar-refractivity contribution in [1.29, 1.82) is 5.26 Å². The molecule has 1 aromatic heterocycles. The Morgan fingerprint density at radius 1 is 1.63 bits per heavy atom. The van der Waals surface area contributed by atoms with Gasteiger partial charge in [0.2, 0.25) is 5.91 Å². The predicted octanol–water partition coefficient (Wildman–Crippen LogP) is 1.65. The normalized spacial score (nSPS) is 12.0. The van der Waals surface area contributed by atoms with Crippen molar-refractivity contribution in [2.75, 3.05) is 11.9 Å². The lowest BCUT2D eigenvalue weighted by atomic mass is 10.0. The van der Waals surface area contributed by atoms with Crippen molar-refractivity contribution in [3.63, 3.8) is 0 Å². The summed E-state index contributed by atoms with van der Waals surface area (Å²) in [5, 5.41) is 18.4. The van der Waals surface area contributed by atoms with Crippen LogP contribution in [0.2, 0.25) is 0 Å². The summed E-state index contributed by atoms with van der Waals surface area (Å²) in [7, 11) is 1.81. The number of nitrogens with zero attached hydrogens (tertiary/aromatic N) is 3. The van der Waals surface area contributed by atoms with E-state index >= 15 is 0 Å². The molecule has 0 saturated carbocycles. The zero-order chi connectivity index (χ0) is 14.4. The first kappa shape index (κ1) is 15.5. The number of halogens is 1. The van der Waals surface area contributed by atoms with Crippen LogP contribution in [0.15, 0.2) is 10.7 Å². The second-order valence-electron chi connectivity index (χ2n) is 4.70. The number of carbonyl (C=O) groups is 1. The van der Waals surface area contributed by atoms with Crippen LogP contribution in [0.25, 0.3) is 0 Å². The van der Waals surface area contributed by atoms with Crippen LogP contribution in [0.4, 0.5) is 5.82 Å². The molecule has 19 heavy (non-hydrogen) atoms. The Bertz CT molecular complexity index is 477. The van der Waals surface area contributed by atoms with E-state index in [1.165, 1.54) is 0 Å². The Morgan fingerprint density at radius 3 is 2.79 bits per heavy atom. The fraction of sp³-hybridized carbons (Fsp3) is 0.583. The standard InChI is InChI=1S/C12H18BrN5O/c1-8(2)6-10(12(19)15-5-4-14)16-11-9(13)7-18(3)17-11/h7-8,10H,5-6H2,1-3H3,(H,15,19)(H,16,17). The number of hydrogen-bond acceptors (Lipinski definition) is 4. The first-order valence-corrected chi connectivity index (χ1v) is 6.83. The molecule has 0 spiro atoms. The molecule has 0 aromatic carbocycles. The van der Waals surface area contributed by atoms with Gasteiger partial charge < -0.3 is 10.6 Å². The van der Waals surface area contributed by atoms with Crippen LogP contribution in [-0.4, -0.2) is 28.3 Å². The summed E-state index contributed by atoms with van der Waals surface area (Å²) in [4.78, 5) is 12.0. The van der Waals surface area contributed by atoms with E-state index in [1.807, 2.05) is 33.2 Å². The Morgan fingerprint density at radius 2 is 2.32 bits per heavy atom. The Hall–Kier alpha value is -1.55. The van der Waals surface area contributed by atoms with Gasteiger partial charge >= 0.3 is 0 Å². The number of amides is 1. The highest BCUT2D eigenvalue weighted by Crippen LogP contribution is 2.21. The molecule has 1 aromatic rings. The average molecular weight is 328 g/mol. The molecular formula is C12H18BrN5O. The lowest BCUT2D eigenvalue weighted by Gasteiger charge is -2.19. The lowest BCUT2D eigenvalue weighted by Crippen LogP contribution is -2.40. The lowest BCUT2D eigenvalue weighted by molar-refractivity contribution is -0.121. The summed E-state index contributed by atoms with van der Waals surface area (Å²) in [6, 6.07) is 1.49. The molecule has 0 fully saturated rings. The average Bonchev–Trinajstić information content (AvgIpc) is 2.63. The summed E-state index contributed by atoms with van der Waals surface area (Å²) in [5.74, 6) is 0.792. The van der Waals surface area contributed by atoms with E-state index in [0.717, 1.165) is 4.47 Å². The number of rotatable bonds is 6. The van der Waals surface area contributed by atoms with Gasteiger partial charge in [0.1, 0.15) is 12.6 Å². The summed E-state index contributed by atoms with van der Waals surface area (Å²) in [6.45, 7) is 4.10. The molecule has 0 aliphatic heterocycles. The van der Waals surface area contributed by atoms with E-state index in [1.54, 1.807) is 4.68 Å². The van der Waals surface area contributed by atoms with Gasteiger partial charge in [-0.05, 0) is 28.3 Å². The summed E-state index contributed by atoms with van der Waals surface area (Å²) >= 11 is 3.38. The molecule has 6 nitrogen and oxygen atoms in total. The van der Waals surface area contributed by atoms with Crippen molar-refractivity contribution >= 4 is 27.7 Å². The van der Waals surface area contributed by atoms with Gasteiger partial charge in [-0.2, -0.15) is 10.4 Å². The number of nitrogens with one attached hydrogen (secondary N) is 2. The van der Waals surface area contributed by atoms with Gasteiger partial charge in [-0.1, -0.05) is 13.8 Å². The minimum Gasteiger partial charge on any atom is -0.356 e. The zero-order valence-electron chi connectivity index (χ0n) is 11.3. The van der Waals surface area contributed by atoms with Crippen LogP contribution >= 0.6 is 15.9 Å². The first-order valence-electron chi connectivity index (χ1n) is 6.04. The molecule has 0 aliphatic carbocycles. The van der Waals surface area contributed by atoms with Crippen molar-refractivity contribution in [2.45, 2.75) is 26.3 Å². The summed E-state index contributed by atoms with van der Waals surface area (Å²) < 4.78 is 2.46. The molecule has 0 saturated heterocycles. The van der Waals surface area contributed by atoms with E-state index in [0.29, 0.717) is 18.2 Å². The van der Waals surface area contributed by atoms with E-state index in [2.05, 4.69) is 31.7 Å². The minimum atomic E-state index is -0.403. The summed E-state index contributed by atoms with van der Waals surface area (Å²) in [6.07, 6.45) is 2.47. The molecule has 0 radical (unpaired) electrons. The maximum atomic E-state index is 12.0. The van der Waals surface area contributed by atoms with Crippen LogP contribution in [0.1, 0.15) is 20.3 Å². The third-order valence-electron chi connectivity index (χ3n) is 2.46. The van der Waals surface area contributed by atoms with Crippen LogP contribution in [0.5, 0.6) is 0 Å². The quantitative estimate of drug-likeness (QED) is 0.778. The summed E-state index contributed by atoms with van der Waals surface area (Å²) in [5.41, 5.74) is 0. The van der Waals surface area contributed by atoms with E-state index in [4.69, 9.17) is 5.26 Å². The van der Waals surface area contributed by atoms with Gasteiger partial charge in [0, 0.05) is 13.2 Å². The highest BCUT2D eigenvalue weighted by atomic mass is 79.9. The molecule has 2 N–H and O–H groups in total. The molecule has 1 rings (SSSR count). The van der Waals surface area contributed by atoms with Crippen molar-refractivity contribution in [3.8, 4) is 6.07 Å². The van der Waals surface area contributed by atoms with Gasteiger partial charge in [0.25, 0.3) is 0 Å². The highest BCUT2D eigenvalue weighted by Gasteiger charge is 2.21. The Labute approximate surface area is 121 Å². The molecule has 1 unspecified atom stereocenters. The second-order valence-corrected chi connectivity index (χ2v) is 5.56. The Kier molecular flexibility index (Phi) is 5.83. The number of hydrogen-bond donors (Lipinski definition) is 2. The fourth-order valence-corrected chi connectivity index (χ4v) is 2.17. The third-order valence-corrected chi connectivity index (χ3v) is 3.04. The number of aryl methyl sites for hydroxylation is 1. The molecule has 1 amide bonds. The predicted molar refractivity (Wildman–Crippen MR) is 76.4 cm³/mol. The van der Waals surface area contributed by atoms with Gasteiger partial charge in [0.15, 0.2) is 5.82 Å². The second kappa shape index (κ2) is 7.14. The SMILES string of the molecule is CC(C)CC(Nc1nn(C)cc1Br)C(=O)NCC#N. The van der Waals surface area contributed by atoms with Gasteiger partial charge in [-0.3, -0.25) is 9.48 Å². The van der Waals surface area contributed by atoms with Crippen LogP contribution in [-0.2, 0) is 11.8 Å². The Balaban J connectivity index is 2.77. The number of nitriles is 1. The largest absolute Gasteiger partial charge is 0.356 e. The van der Waals surface area contributed by atoms with E-state index in [9.17, 15) is 4.79 Å². The molecule has 0 aliphatic rings. The fourth-order valence-electron chi connectivity index (χ4n) is 1.68. The zero-order valence-corrected chi connectivity index (χ0v) is 12.9. The maximum Gasteiger partial charge on any atom is 0.243 e. The van der Waals surface area contributed by atoms with Crippen molar-refractivity contribution in [1.82, 2.24) is 15.1 Å². The van der Waals surface area contributed by atoms with Crippen LogP contribution < -0.4 is 10.6 Å². The number of anilines is 1. The molecule has 1 atom stereocenters. The molecule has 0 bridgehead atoms. The number of carbonyl (C=O) groups excluding carboxylic acids is 1. The van der Waals surface area contributed by atoms with Crippen molar-refractivity contribution in [2.24, 2.45) is 13.0 Å². The van der Waals surface area contributed by atoms with Crippen molar-refractivity contribution < 1.29 is 4.79 Å². The van der Waals surface area contributed by atoms with E-state index in [-0.39, 0.29) is 12.5 Å². The third kappa shape index (κ3) is 4.91. The minimum absolute atomic E-state index is 0.0124. The highest BCUT2D eigenvalue weighted by molar-refractivity contribution is 9.10.